The highest BCUT2D eigenvalue weighted by Crippen LogP contribution is 2.18. The van der Waals surface area contributed by atoms with E-state index in [1.54, 1.807) is 13.8 Å². The molecule has 0 aromatic carbocycles. The van der Waals surface area contributed by atoms with Crippen molar-refractivity contribution in [1.82, 2.24) is 10.5 Å². The van der Waals surface area contributed by atoms with Crippen LogP contribution in [-0.2, 0) is 25.1 Å². The second kappa shape index (κ2) is 6.78. The van der Waals surface area contributed by atoms with Gasteiger partial charge in [-0.1, -0.05) is 5.16 Å². The van der Waals surface area contributed by atoms with Crippen LogP contribution in [-0.4, -0.2) is 44.0 Å². The zero-order chi connectivity index (χ0) is 16.3. The van der Waals surface area contributed by atoms with E-state index >= 15 is 0 Å². The zero-order valence-electron chi connectivity index (χ0n) is 13.1. The molecule has 22 heavy (non-hydrogen) atoms. The smallest absolute Gasteiger partial charge is 0.238 e. The molecule has 2 heterocycles. The van der Waals surface area contributed by atoms with Gasteiger partial charge in [-0.2, -0.15) is 0 Å². The van der Waals surface area contributed by atoms with E-state index in [4.69, 9.17) is 9.26 Å². The lowest BCUT2D eigenvalue weighted by atomic mass is 10.2. The van der Waals surface area contributed by atoms with Gasteiger partial charge in [0.25, 0.3) is 0 Å². The Bertz CT molecular complexity index is 612. The van der Waals surface area contributed by atoms with E-state index in [2.05, 4.69) is 10.5 Å². The molecule has 124 valence electrons. The molecular formula is C14H22N2O5S. The molecule has 1 saturated heterocycles. The van der Waals surface area contributed by atoms with Crippen molar-refractivity contribution >= 4 is 15.7 Å². The van der Waals surface area contributed by atoms with Crippen LogP contribution in [0.5, 0.6) is 0 Å². The second-order valence-electron chi connectivity index (χ2n) is 5.63. The van der Waals surface area contributed by atoms with Crippen LogP contribution in [0, 0.1) is 13.8 Å². The van der Waals surface area contributed by atoms with E-state index in [0.717, 1.165) is 12.8 Å². The monoisotopic (exact) mass is 330 g/mol. The molecule has 0 aliphatic carbocycles. The fourth-order valence-corrected chi connectivity index (χ4v) is 3.83. The summed E-state index contributed by atoms with van der Waals surface area (Å²) in [5, 5.41) is 5.27. The van der Waals surface area contributed by atoms with E-state index in [1.165, 1.54) is 6.92 Å². The van der Waals surface area contributed by atoms with Crippen molar-refractivity contribution in [3.05, 3.63) is 17.0 Å². The summed E-state index contributed by atoms with van der Waals surface area (Å²) in [6, 6.07) is 0. The lowest BCUT2D eigenvalue weighted by Crippen LogP contribution is -2.41. The Kier molecular flexibility index (Phi) is 5.23. The van der Waals surface area contributed by atoms with Gasteiger partial charge in [-0.05, 0) is 33.6 Å². The molecule has 1 aliphatic heterocycles. The number of hydrogen-bond donors (Lipinski definition) is 1. The van der Waals surface area contributed by atoms with E-state index in [-0.39, 0.29) is 11.9 Å². The van der Waals surface area contributed by atoms with Gasteiger partial charge in [0.1, 0.15) is 11.0 Å². The quantitative estimate of drug-likeness (QED) is 0.832. The minimum absolute atomic E-state index is 0.0126. The van der Waals surface area contributed by atoms with Crippen molar-refractivity contribution in [2.75, 3.05) is 13.2 Å². The summed E-state index contributed by atoms with van der Waals surface area (Å²) in [7, 11) is -3.63. The van der Waals surface area contributed by atoms with Crippen molar-refractivity contribution < 1.29 is 22.5 Å². The summed E-state index contributed by atoms with van der Waals surface area (Å²) >= 11 is 0. The van der Waals surface area contributed by atoms with Gasteiger partial charge in [-0.3, -0.25) is 4.79 Å². The molecule has 1 aliphatic rings. The van der Waals surface area contributed by atoms with Gasteiger partial charge >= 0.3 is 0 Å². The fraction of sp³-hybridized carbons (Fsp3) is 0.714. The molecule has 1 amide bonds. The molecule has 1 aromatic heterocycles. The topological polar surface area (TPSA) is 98.5 Å². The van der Waals surface area contributed by atoms with Crippen LogP contribution in [0.4, 0.5) is 0 Å². The molecule has 1 N–H and O–H groups in total. The van der Waals surface area contributed by atoms with E-state index < -0.39 is 21.0 Å². The van der Waals surface area contributed by atoms with Crippen LogP contribution in [0.1, 0.15) is 36.8 Å². The zero-order valence-corrected chi connectivity index (χ0v) is 13.9. The normalized spacial score (nSPS) is 20.0. The standard InChI is InChI=1S/C14H22N2O5S/c1-9-13(10(2)21-16-9)8-22(18,19)11(3)14(17)15-7-12-5-4-6-20-12/h11-12H,4-8H2,1-3H3,(H,15,17)/t11-,12-/m0/s1. The fourth-order valence-electron chi connectivity index (χ4n) is 2.36. The van der Waals surface area contributed by atoms with Crippen LogP contribution >= 0.6 is 0 Å². The summed E-state index contributed by atoms with van der Waals surface area (Å²) < 4.78 is 35.1. The van der Waals surface area contributed by atoms with Gasteiger partial charge in [-0.15, -0.1) is 0 Å². The molecule has 2 atom stereocenters. The molecule has 0 bridgehead atoms. The maximum Gasteiger partial charge on any atom is 0.238 e. The Hall–Kier alpha value is -1.41. The van der Waals surface area contributed by atoms with Crippen LogP contribution < -0.4 is 5.32 Å². The molecule has 8 heteroatoms. The van der Waals surface area contributed by atoms with Crippen molar-refractivity contribution in [2.24, 2.45) is 0 Å². The number of aryl methyl sites for hydroxylation is 2. The number of ether oxygens (including phenoxy) is 1. The summed E-state index contributed by atoms with van der Waals surface area (Å²) in [5.41, 5.74) is 1.06. The first kappa shape index (κ1) is 17.0. The largest absolute Gasteiger partial charge is 0.376 e. The van der Waals surface area contributed by atoms with Crippen LogP contribution in [0.15, 0.2) is 4.52 Å². The third-order valence-corrected chi connectivity index (χ3v) is 5.95. The maximum absolute atomic E-state index is 12.4. The highest BCUT2D eigenvalue weighted by molar-refractivity contribution is 7.92. The van der Waals surface area contributed by atoms with E-state index in [0.29, 0.717) is 30.2 Å². The van der Waals surface area contributed by atoms with Gasteiger partial charge in [0.2, 0.25) is 5.91 Å². The Labute approximate surface area is 130 Å². The third-order valence-electron chi connectivity index (χ3n) is 3.96. The molecule has 7 nitrogen and oxygen atoms in total. The van der Waals surface area contributed by atoms with Crippen LogP contribution in [0.3, 0.4) is 0 Å². The Morgan fingerprint density at radius 3 is 2.73 bits per heavy atom. The Morgan fingerprint density at radius 2 is 2.18 bits per heavy atom. The average molecular weight is 330 g/mol. The lowest BCUT2D eigenvalue weighted by molar-refractivity contribution is -0.120. The molecule has 1 fully saturated rings. The van der Waals surface area contributed by atoms with E-state index in [1.807, 2.05) is 0 Å². The van der Waals surface area contributed by atoms with Crippen molar-refractivity contribution in [3.63, 3.8) is 0 Å². The SMILES string of the molecule is Cc1noc(C)c1CS(=O)(=O)[C@@H](C)C(=O)NC[C@@H]1CCCO1. The van der Waals surface area contributed by atoms with E-state index in [9.17, 15) is 13.2 Å². The van der Waals surface area contributed by atoms with Crippen molar-refractivity contribution in [2.45, 2.75) is 50.7 Å². The number of rotatable bonds is 6. The molecule has 0 spiro atoms. The highest BCUT2D eigenvalue weighted by Gasteiger charge is 2.30. The molecule has 0 radical (unpaired) electrons. The van der Waals surface area contributed by atoms with Gasteiger partial charge in [-0.25, -0.2) is 8.42 Å². The lowest BCUT2D eigenvalue weighted by Gasteiger charge is -2.15. The maximum atomic E-state index is 12.4. The summed E-state index contributed by atoms with van der Waals surface area (Å²) in [5.74, 6) is -0.279. The number of carbonyl (C=O) groups is 1. The molecule has 0 saturated carbocycles. The highest BCUT2D eigenvalue weighted by atomic mass is 32.2. The minimum atomic E-state index is -3.63. The molecule has 1 aromatic rings. The first-order chi connectivity index (χ1) is 10.3. The Morgan fingerprint density at radius 1 is 1.45 bits per heavy atom. The molecular weight excluding hydrogens is 308 g/mol. The number of amides is 1. The first-order valence-electron chi connectivity index (χ1n) is 7.34. The van der Waals surface area contributed by atoms with Crippen LogP contribution in [0.2, 0.25) is 0 Å². The number of nitrogens with one attached hydrogen (secondary N) is 1. The summed E-state index contributed by atoms with van der Waals surface area (Å²) in [4.78, 5) is 12.1. The number of aromatic nitrogens is 1. The first-order valence-corrected chi connectivity index (χ1v) is 9.05. The Balaban J connectivity index is 1.97. The molecule has 2 rings (SSSR count). The predicted octanol–water partition coefficient (Wildman–Crippen LogP) is 0.890. The van der Waals surface area contributed by atoms with Gasteiger partial charge < -0.3 is 14.6 Å². The minimum Gasteiger partial charge on any atom is -0.376 e. The van der Waals surface area contributed by atoms with Crippen LogP contribution in [0.25, 0.3) is 0 Å². The number of nitrogens with zero attached hydrogens (tertiary/aromatic N) is 1. The van der Waals surface area contributed by atoms with Gasteiger partial charge in [0, 0.05) is 18.7 Å². The second-order valence-corrected chi connectivity index (χ2v) is 7.95. The number of carbonyl (C=O) groups excluding carboxylic acids is 1. The van der Waals surface area contributed by atoms with Gasteiger partial charge in [0.15, 0.2) is 9.84 Å². The van der Waals surface area contributed by atoms with Crippen molar-refractivity contribution in [1.29, 1.82) is 0 Å². The predicted molar refractivity (Wildman–Crippen MR) is 80.0 cm³/mol. The number of hydrogen-bond acceptors (Lipinski definition) is 6. The third kappa shape index (κ3) is 3.86. The average Bonchev–Trinajstić information content (AvgIpc) is 3.09. The molecule has 0 unspecified atom stereocenters. The van der Waals surface area contributed by atoms with Gasteiger partial charge in [0.05, 0.1) is 17.6 Å². The summed E-state index contributed by atoms with van der Waals surface area (Å²) in [6.07, 6.45) is 1.85. The van der Waals surface area contributed by atoms with Crippen molar-refractivity contribution in [3.8, 4) is 0 Å². The summed E-state index contributed by atoms with van der Waals surface area (Å²) in [6.45, 7) is 5.79. The number of sulfone groups is 1.